The zero-order valence-electron chi connectivity index (χ0n) is 42.0. The van der Waals surface area contributed by atoms with Gasteiger partial charge in [0.05, 0.1) is 0 Å². The Labute approximate surface area is 400 Å². The van der Waals surface area contributed by atoms with Crippen molar-refractivity contribution in [2.45, 2.75) is 232 Å². The molecule has 0 bridgehead atoms. The number of carbonyl (C=O) groups is 3. The summed E-state index contributed by atoms with van der Waals surface area (Å²) >= 11 is 0. The van der Waals surface area contributed by atoms with Gasteiger partial charge in [0, 0.05) is 19.3 Å². The fourth-order valence-corrected chi connectivity index (χ4v) is 6.88. The van der Waals surface area contributed by atoms with Crippen LogP contribution < -0.4 is 0 Å². The van der Waals surface area contributed by atoms with Gasteiger partial charge in [-0.1, -0.05) is 220 Å². The molecule has 65 heavy (non-hydrogen) atoms. The minimum Gasteiger partial charge on any atom is -0.462 e. The summed E-state index contributed by atoms with van der Waals surface area (Å²) in [5.74, 6) is -0.994. The highest BCUT2D eigenvalue weighted by atomic mass is 16.6. The molecule has 0 heterocycles. The van der Waals surface area contributed by atoms with Crippen molar-refractivity contribution in [1.29, 1.82) is 0 Å². The van der Waals surface area contributed by atoms with Crippen LogP contribution in [0.4, 0.5) is 0 Å². The van der Waals surface area contributed by atoms with E-state index in [0.717, 1.165) is 116 Å². The van der Waals surface area contributed by atoms with Gasteiger partial charge in [-0.25, -0.2) is 0 Å². The van der Waals surface area contributed by atoms with Crippen LogP contribution in [0, 0.1) is 0 Å². The third-order valence-electron chi connectivity index (χ3n) is 10.8. The van der Waals surface area contributed by atoms with Gasteiger partial charge in [0.1, 0.15) is 13.2 Å². The summed E-state index contributed by atoms with van der Waals surface area (Å²) < 4.78 is 16.7. The third-order valence-corrected chi connectivity index (χ3v) is 10.8. The van der Waals surface area contributed by atoms with Gasteiger partial charge in [0.15, 0.2) is 6.10 Å². The molecule has 0 aromatic carbocycles. The Morgan fingerprint density at radius 3 is 1.00 bits per heavy atom. The lowest BCUT2D eigenvalue weighted by molar-refractivity contribution is -0.167. The number of allylic oxidation sites excluding steroid dienone is 18. The number of unbranched alkanes of at least 4 members (excludes halogenated alkanes) is 17. The van der Waals surface area contributed by atoms with Crippen LogP contribution in [-0.4, -0.2) is 37.2 Å². The van der Waals surface area contributed by atoms with Crippen LogP contribution >= 0.6 is 0 Å². The molecule has 0 rings (SSSR count). The first kappa shape index (κ1) is 61.1. The molecule has 0 fully saturated rings. The Bertz CT molecular complexity index is 1360. The molecule has 0 amide bonds. The molecule has 0 N–H and O–H groups in total. The largest absolute Gasteiger partial charge is 0.462 e. The molecule has 0 aromatic rings. The number of esters is 3. The van der Waals surface area contributed by atoms with Gasteiger partial charge in [0.2, 0.25) is 0 Å². The van der Waals surface area contributed by atoms with E-state index < -0.39 is 6.10 Å². The summed E-state index contributed by atoms with van der Waals surface area (Å²) in [5, 5.41) is 0. The minimum absolute atomic E-state index is 0.106. The number of rotatable bonds is 46. The summed E-state index contributed by atoms with van der Waals surface area (Å²) in [6.45, 7) is 6.33. The summed E-state index contributed by atoms with van der Waals surface area (Å²) in [6.07, 6.45) is 70.7. The van der Waals surface area contributed by atoms with Crippen molar-refractivity contribution in [1.82, 2.24) is 0 Å². The van der Waals surface area contributed by atoms with Gasteiger partial charge >= 0.3 is 17.9 Å². The van der Waals surface area contributed by atoms with Crippen LogP contribution in [0.15, 0.2) is 109 Å². The first-order chi connectivity index (χ1) is 32.0. The van der Waals surface area contributed by atoms with E-state index in [4.69, 9.17) is 14.2 Å². The quantitative estimate of drug-likeness (QED) is 0.0262. The van der Waals surface area contributed by atoms with E-state index in [-0.39, 0.29) is 44.0 Å². The lowest BCUT2D eigenvalue weighted by atomic mass is 10.0. The van der Waals surface area contributed by atoms with E-state index in [0.29, 0.717) is 12.8 Å². The van der Waals surface area contributed by atoms with Gasteiger partial charge in [-0.2, -0.15) is 0 Å². The van der Waals surface area contributed by atoms with Gasteiger partial charge in [-0.15, -0.1) is 0 Å². The number of ether oxygens (including phenoxy) is 3. The molecule has 6 heteroatoms. The van der Waals surface area contributed by atoms with Crippen molar-refractivity contribution in [2.24, 2.45) is 0 Å². The lowest BCUT2D eigenvalue weighted by Gasteiger charge is -2.18. The fourth-order valence-electron chi connectivity index (χ4n) is 6.88. The molecule has 1 atom stereocenters. The maximum absolute atomic E-state index is 12.8. The Morgan fingerprint density at radius 2 is 0.615 bits per heavy atom. The Morgan fingerprint density at radius 1 is 0.323 bits per heavy atom. The van der Waals surface area contributed by atoms with Crippen LogP contribution in [0.1, 0.15) is 226 Å². The van der Waals surface area contributed by atoms with E-state index in [1.165, 1.54) is 64.2 Å². The van der Waals surface area contributed by atoms with Crippen LogP contribution in [0.5, 0.6) is 0 Å². The maximum Gasteiger partial charge on any atom is 0.306 e. The second kappa shape index (κ2) is 52.7. The highest BCUT2D eigenvalue weighted by Crippen LogP contribution is 2.14. The first-order valence-electron chi connectivity index (χ1n) is 26.4. The van der Waals surface area contributed by atoms with E-state index in [2.05, 4.69) is 130 Å². The van der Waals surface area contributed by atoms with Crippen molar-refractivity contribution >= 4 is 17.9 Å². The number of hydrogen-bond donors (Lipinski definition) is 0. The molecule has 6 nitrogen and oxygen atoms in total. The molecular formula is C59H96O6. The second-order valence-corrected chi connectivity index (χ2v) is 17.0. The van der Waals surface area contributed by atoms with E-state index in [1.54, 1.807) is 0 Å². The molecule has 0 saturated carbocycles. The first-order valence-corrected chi connectivity index (χ1v) is 26.4. The van der Waals surface area contributed by atoms with Crippen molar-refractivity contribution in [3.05, 3.63) is 109 Å². The predicted molar refractivity (Wildman–Crippen MR) is 279 cm³/mol. The van der Waals surface area contributed by atoms with Gasteiger partial charge < -0.3 is 14.2 Å². The molecule has 0 aromatic heterocycles. The molecule has 0 spiro atoms. The number of carbonyl (C=O) groups excluding carboxylic acids is 3. The second-order valence-electron chi connectivity index (χ2n) is 17.0. The van der Waals surface area contributed by atoms with Crippen LogP contribution in [-0.2, 0) is 28.6 Å². The monoisotopic (exact) mass is 901 g/mol. The fraction of sp³-hybridized carbons (Fsp3) is 0.644. The zero-order chi connectivity index (χ0) is 47.2. The third kappa shape index (κ3) is 50.9. The lowest BCUT2D eigenvalue weighted by Crippen LogP contribution is -2.30. The smallest absolute Gasteiger partial charge is 0.306 e. The molecule has 0 saturated heterocycles. The molecule has 0 aliphatic carbocycles. The Balaban J connectivity index is 4.53. The topological polar surface area (TPSA) is 78.9 Å². The summed E-state index contributed by atoms with van der Waals surface area (Å²) in [5.41, 5.74) is 0. The predicted octanol–water partition coefficient (Wildman–Crippen LogP) is 17.5. The van der Waals surface area contributed by atoms with Gasteiger partial charge in [-0.3, -0.25) is 14.4 Å². The summed E-state index contributed by atoms with van der Waals surface area (Å²) in [6, 6.07) is 0. The molecule has 0 aliphatic rings. The Kier molecular flexibility index (Phi) is 49.5. The zero-order valence-corrected chi connectivity index (χ0v) is 42.0. The van der Waals surface area contributed by atoms with E-state index in [9.17, 15) is 14.4 Å². The number of hydrogen-bond acceptors (Lipinski definition) is 6. The van der Waals surface area contributed by atoms with E-state index >= 15 is 0 Å². The van der Waals surface area contributed by atoms with Crippen molar-refractivity contribution in [3.8, 4) is 0 Å². The van der Waals surface area contributed by atoms with Crippen LogP contribution in [0.3, 0.4) is 0 Å². The van der Waals surface area contributed by atoms with Crippen molar-refractivity contribution < 1.29 is 28.6 Å². The average molecular weight is 901 g/mol. The summed E-state index contributed by atoms with van der Waals surface area (Å²) in [7, 11) is 0. The normalized spacial score (nSPS) is 13.0. The van der Waals surface area contributed by atoms with Crippen LogP contribution in [0.25, 0.3) is 0 Å². The molecular weight excluding hydrogens is 805 g/mol. The molecule has 0 radical (unpaired) electrons. The minimum atomic E-state index is -0.814. The Hall–Kier alpha value is -3.93. The molecule has 1 unspecified atom stereocenters. The highest BCUT2D eigenvalue weighted by Gasteiger charge is 2.19. The highest BCUT2D eigenvalue weighted by molar-refractivity contribution is 5.71. The molecule has 0 aliphatic heterocycles. The van der Waals surface area contributed by atoms with Crippen molar-refractivity contribution in [3.63, 3.8) is 0 Å². The van der Waals surface area contributed by atoms with E-state index in [1.807, 2.05) is 0 Å². The van der Waals surface area contributed by atoms with Crippen molar-refractivity contribution in [2.75, 3.05) is 13.2 Å². The maximum atomic E-state index is 12.8. The average Bonchev–Trinajstić information content (AvgIpc) is 3.30. The molecule has 368 valence electrons. The summed E-state index contributed by atoms with van der Waals surface area (Å²) in [4.78, 5) is 38.0. The SMILES string of the molecule is CC/C=C\C/C=C\C/C=C\C/C=C\C/C=C\CCCC(=O)OCC(COC(=O)CCCCCCCCCCCCCCC)OC(=O)CCCCCC/C=C\C/C=C\C/C=C\C/C=C\CC. The van der Waals surface area contributed by atoms with Gasteiger partial charge in [0.25, 0.3) is 0 Å². The van der Waals surface area contributed by atoms with Gasteiger partial charge in [-0.05, 0) is 96.3 Å². The van der Waals surface area contributed by atoms with Crippen LogP contribution in [0.2, 0.25) is 0 Å². The standard InChI is InChI=1S/C59H96O6/c1-4-7-10-13-16-19-22-25-27-29-31-34-37-40-43-46-49-52-58(61)64-55-56(54-63-57(60)51-48-45-42-39-36-33-24-21-18-15-12-9-6-3)65-59(62)53-50-47-44-41-38-35-32-30-28-26-23-20-17-14-11-8-5-2/h7-8,10-11,16-17,19-20,25-28,31-32,34-35,40,43,56H,4-6,9,12-15,18,21-24,29-30,33,36-39,41-42,44-55H2,1-3H3/b10-7-,11-8-,19-16-,20-17-,27-25-,28-26-,34-31-,35-32-,43-40-.